The third-order valence-corrected chi connectivity index (χ3v) is 2.85. The first-order chi connectivity index (χ1) is 8.85. The van der Waals surface area contributed by atoms with E-state index in [1.807, 2.05) is 27.7 Å². The summed E-state index contributed by atoms with van der Waals surface area (Å²) < 4.78 is 4.78. The molecule has 1 atom stereocenters. The molecule has 0 amide bonds. The third kappa shape index (κ3) is 4.35. The normalized spacial score (nSPS) is 12.6. The molecule has 1 aromatic rings. The molecule has 1 aromatic heterocycles. The highest BCUT2D eigenvalue weighted by Crippen LogP contribution is 2.19. The van der Waals surface area contributed by atoms with Crippen LogP contribution in [0.5, 0.6) is 0 Å². The molecule has 0 saturated carbocycles. The van der Waals surface area contributed by atoms with Crippen LogP contribution in [-0.4, -0.2) is 29.1 Å². The first kappa shape index (κ1) is 15.7. The number of rotatable bonds is 5. The molecule has 1 N–H and O–H groups in total. The van der Waals surface area contributed by atoms with Gasteiger partial charge in [0, 0.05) is 12.0 Å². The van der Waals surface area contributed by atoms with Gasteiger partial charge in [0.05, 0.1) is 7.11 Å². The molecule has 0 aliphatic heterocycles. The minimum atomic E-state index is -0.462. The van der Waals surface area contributed by atoms with Gasteiger partial charge in [0.2, 0.25) is 0 Å². The Kier molecular flexibility index (Phi) is 5.54. The number of methoxy groups -OCH3 is 1. The van der Waals surface area contributed by atoms with E-state index in [9.17, 15) is 4.79 Å². The number of nitrogens with one attached hydrogen (secondary N) is 1. The molecule has 0 bridgehead atoms. The van der Waals surface area contributed by atoms with Crippen LogP contribution >= 0.6 is 11.6 Å². The van der Waals surface area contributed by atoms with Crippen molar-refractivity contribution >= 4 is 23.4 Å². The lowest BCUT2D eigenvalue weighted by molar-refractivity contribution is -0.142. The number of nitrogens with zero attached hydrogens (tertiary/aromatic N) is 2. The summed E-state index contributed by atoms with van der Waals surface area (Å²) >= 11 is 5.96. The van der Waals surface area contributed by atoms with Gasteiger partial charge in [0.15, 0.2) is 0 Å². The number of carbonyl (C=O) groups excluding carboxylic acids is 1. The molecule has 1 unspecified atom stereocenters. The van der Waals surface area contributed by atoms with Crippen molar-refractivity contribution in [2.75, 3.05) is 12.4 Å². The topological polar surface area (TPSA) is 64.1 Å². The summed E-state index contributed by atoms with van der Waals surface area (Å²) in [5.74, 6) is 1.09. The van der Waals surface area contributed by atoms with Crippen molar-refractivity contribution in [3.05, 3.63) is 17.0 Å². The summed E-state index contributed by atoms with van der Waals surface area (Å²) in [6, 6.07) is 1.14. The zero-order chi connectivity index (χ0) is 14.6. The van der Waals surface area contributed by atoms with E-state index in [1.54, 1.807) is 6.07 Å². The summed E-state index contributed by atoms with van der Waals surface area (Å²) in [6.07, 6.45) is 0. The molecular weight excluding hydrogens is 266 g/mol. The van der Waals surface area contributed by atoms with Crippen LogP contribution < -0.4 is 5.32 Å². The standard InChI is InChI=1S/C13H20ClN3O2/c1-7(2)11(13(18)19-5)16-10-6-9(14)15-12(17-10)8(3)4/h6-8,11H,1-5H3,(H,15,16,17). The molecule has 6 heteroatoms. The molecule has 0 radical (unpaired) electrons. The van der Waals surface area contributed by atoms with Gasteiger partial charge in [-0.1, -0.05) is 39.3 Å². The fraction of sp³-hybridized carbons (Fsp3) is 0.615. The fourth-order valence-electron chi connectivity index (χ4n) is 1.55. The van der Waals surface area contributed by atoms with Gasteiger partial charge in [0.1, 0.15) is 22.8 Å². The van der Waals surface area contributed by atoms with Crippen molar-refractivity contribution < 1.29 is 9.53 Å². The number of hydrogen-bond donors (Lipinski definition) is 1. The zero-order valence-corrected chi connectivity index (χ0v) is 12.7. The van der Waals surface area contributed by atoms with E-state index in [1.165, 1.54) is 7.11 Å². The van der Waals surface area contributed by atoms with E-state index in [4.69, 9.17) is 16.3 Å². The first-order valence-electron chi connectivity index (χ1n) is 6.24. The Morgan fingerprint density at radius 2 is 1.95 bits per heavy atom. The molecule has 0 aromatic carbocycles. The average molecular weight is 286 g/mol. The van der Waals surface area contributed by atoms with Crippen molar-refractivity contribution in [3.8, 4) is 0 Å². The van der Waals surface area contributed by atoms with Gasteiger partial charge in [-0.05, 0) is 5.92 Å². The largest absolute Gasteiger partial charge is 0.467 e. The second kappa shape index (κ2) is 6.70. The van der Waals surface area contributed by atoms with E-state index in [-0.39, 0.29) is 17.8 Å². The summed E-state index contributed by atoms with van der Waals surface area (Å²) in [4.78, 5) is 20.2. The molecule has 1 heterocycles. The van der Waals surface area contributed by atoms with Gasteiger partial charge >= 0.3 is 5.97 Å². The van der Waals surface area contributed by atoms with Crippen LogP contribution in [0.2, 0.25) is 5.15 Å². The van der Waals surface area contributed by atoms with E-state index >= 15 is 0 Å². The fourth-order valence-corrected chi connectivity index (χ4v) is 1.74. The maximum Gasteiger partial charge on any atom is 0.328 e. The van der Waals surface area contributed by atoms with E-state index in [0.717, 1.165) is 0 Å². The molecular formula is C13H20ClN3O2. The lowest BCUT2D eigenvalue weighted by atomic mass is 10.0. The molecule has 0 spiro atoms. The van der Waals surface area contributed by atoms with E-state index < -0.39 is 6.04 Å². The van der Waals surface area contributed by atoms with E-state index in [2.05, 4.69) is 15.3 Å². The predicted molar refractivity (Wildman–Crippen MR) is 75.4 cm³/mol. The van der Waals surface area contributed by atoms with Crippen molar-refractivity contribution in [3.63, 3.8) is 0 Å². The number of aromatic nitrogens is 2. The lowest BCUT2D eigenvalue weighted by Gasteiger charge is -2.20. The SMILES string of the molecule is COC(=O)C(Nc1cc(Cl)nc(C(C)C)n1)C(C)C. The highest BCUT2D eigenvalue weighted by Gasteiger charge is 2.23. The summed E-state index contributed by atoms with van der Waals surface area (Å²) in [7, 11) is 1.37. The maximum atomic E-state index is 11.7. The van der Waals surface area contributed by atoms with Crippen molar-refractivity contribution in [1.82, 2.24) is 9.97 Å². The molecule has 106 valence electrons. The van der Waals surface area contributed by atoms with Crippen molar-refractivity contribution in [1.29, 1.82) is 0 Å². The number of hydrogen-bond acceptors (Lipinski definition) is 5. The quantitative estimate of drug-likeness (QED) is 0.666. The van der Waals surface area contributed by atoms with Crippen LogP contribution in [0.1, 0.15) is 39.4 Å². The van der Waals surface area contributed by atoms with Gasteiger partial charge in [0.25, 0.3) is 0 Å². The minimum absolute atomic E-state index is 0.0729. The summed E-state index contributed by atoms with van der Waals surface area (Å²) in [5, 5.41) is 3.41. The smallest absolute Gasteiger partial charge is 0.328 e. The molecule has 1 rings (SSSR count). The van der Waals surface area contributed by atoms with Gasteiger partial charge in [-0.25, -0.2) is 14.8 Å². The lowest BCUT2D eigenvalue weighted by Crippen LogP contribution is -2.35. The monoisotopic (exact) mass is 285 g/mol. The molecule has 0 aliphatic rings. The Labute approximate surface area is 118 Å². The van der Waals surface area contributed by atoms with E-state index in [0.29, 0.717) is 16.8 Å². The van der Waals surface area contributed by atoms with Gasteiger partial charge in [-0.3, -0.25) is 0 Å². The number of esters is 1. The van der Waals surface area contributed by atoms with Crippen molar-refractivity contribution in [2.24, 2.45) is 5.92 Å². The Bertz CT molecular complexity index is 450. The summed E-state index contributed by atoms with van der Waals surface area (Å²) in [6.45, 7) is 7.83. The number of carbonyl (C=O) groups is 1. The van der Waals surface area contributed by atoms with Gasteiger partial charge in [-0.15, -0.1) is 0 Å². The number of anilines is 1. The summed E-state index contributed by atoms with van der Waals surface area (Å²) in [5.41, 5.74) is 0. The molecule has 5 nitrogen and oxygen atoms in total. The van der Waals surface area contributed by atoms with Crippen molar-refractivity contribution in [2.45, 2.75) is 39.7 Å². The van der Waals surface area contributed by atoms with Crippen LogP contribution in [0, 0.1) is 5.92 Å². The number of halogens is 1. The van der Waals surface area contributed by atoms with Crippen LogP contribution in [0.15, 0.2) is 6.07 Å². The van der Waals surface area contributed by atoms with Crippen LogP contribution in [0.25, 0.3) is 0 Å². The minimum Gasteiger partial charge on any atom is -0.467 e. The highest BCUT2D eigenvalue weighted by atomic mass is 35.5. The average Bonchev–Trinajstić information content (AvgIpc) is 2.34. The maximum absolute atomic E-state index is 11.7. The van der Waals surface area contributed by atoms with Crippen LogP contribution in [0.3, 0.4) is 0 Å². The second-order valence-electron chi connectivity index (χ2n) is 4.98. The highest BCUT2D eigenvalue weighted by molar-refractivity contribution is 6.29. The zero-order valence-electron chi connectivity index (χ0n) is 11.9. The van der Waals surface area contributed by atoms with Crippen LogP contribution in [0.4, 0.5) is 5.82 Å². The van der Waals surface area contributed by atoms with Gasteiger partial charge in [-0.2, -0.15) is 0 Å². The Morgan fingerprint density at radius 1 is 1.32 bits per heavy atom. The number of ether oxygens (including phenoxy) is 1. The second-order valence-corrected chi connectivity index (χ2v) is 5.37. The predicted octanol–water partition coefficient (Wildman–Crippen LogP) is 2.86. The molecule has 0 aliphatic carbocycles. The molecule has 19 heavy (non-hydrogen) atoms. The molecule has 0 saturated heterocycles. The first-order valence-corrected chi connectivity index (χ1v) is 6.61. The van der Waals surface area contributed by atoms with Crippen LogP contribution in [-0.2, 0) is 9.53 Å². The Hall–Kier alpha value is -1.36. The Morgan fingerprint density at radius 3 is 2.42 bits per heavy atom. The van der Waals surface area contributed by atoms with Gasteiger partial charge < -0.3 is 10.1 Å². The third-order valence-electron chi connectivity index (χ3n) is 2.65. The Balaban J connectivity index is 2.99. The molecule has 0 fully saturated rings.